The first kappa shape index (κ1) is 50.2. The monoisotopic (exact) mass is 852 g/mol. The lowest BCUT2D eigenvalue weighted by Crippen LogP contribution is -2.63. The summed E-state index contributed by atoms with van der Waals surface area (Å²) in [5, 5.41) is 19.6. The fraction of sp³-hybridized carbons (Fsp3) is 0.940. The van der Waals surface area contributed by atoms with Crippen molar-refractivity contribution < 1.29 is 0 Å². The number of rotatable bonds is 17. The highest BCUT2D eigenvalue weighted by Crippen LogP contribution is 2.38. The first-order valence-electron chi connectivity index (χ1n) is 24.8. The van der Waals surface area contributed by atoms with E-state index in [0.717, 1.165) is 95.3 Å². The number of unbranched alkanes of at least 4 members (excludes halogenated alkanes) is 4. The molecule has 0 aromatic carbocycles. The highest BCUT2D eigenvalue weighted by molar-refractivity contribution is 5.49. The summed E-state index contributed by atoms with van der Waals surface area (Å²) in [6, 6.07) is 1.50. The van der Waals surface area contributed by atoms with Crippen LogP contribution in [0.1, 0.15) is 208 Å². The number of hydrogen-bond acceptors (Lipinski definition) is 11. The second kappa shape index (κ2) is 18.6. The van der Waals surface area contributed by atoms with Gasteiger partial charge in [0.2, 0.25) is 17.8 Å². The molecule has 0 radical (unpaired) electrons. The van der Waals surface area contributed by atoms with Crippen molar-refractivity contribution in [3.8, 4) is 0 Å². The van der Waals surface area contributed by atoms with E-state index in [0.29, 0.717) is 24.2 Å². The van der Waals surface area contributed by atoms with Gasteiger partial charge >= 0.3 is 0 Å². The quantitative estimate of drug-likeness (QED) is 0.0970. The summed E-state index contributed by atoms with van der Waals surface area (Å²) in [7, 11) is 2.25. The van der Waals surface area contributed by atoms with Gasteiger partial charge in [0, 0.05) is 88.6 Å². The van der Waals surface area contributed by atoms with E-state index in [9.17, 15) is 0 Å². The van der Waals surface area contributed by atoms with Gasteiger partial charge in [-0.25, -0.2) is 0 Å². The van der Waals surface area contributed by atoms with Crippen LogP contribution in [0.2, 0.25) is 0 Å². The molecule has 4 aliphatic heterocycles. The second-order valence-corrected chi connectivity index (χ2v) is 25.8. The molecule has 0 saturated carbocycles. The summed E-state index contributed by atoms with van der Waals surface area (Å²) in [6.07, 6.45) is 15.6. The maximum Gasteiger partial charge on any atom is 0.232 e. The van der Waals surface area contributed by atoms with Crippen LogP contribution in [0.4, 0.5) is 17.8 Å². The van der Waals surface area contributed by atoms with Crippen LogP contribution < -0.4 is 41.3 Å². The fourth-order valence-electron chi connectivity index (χ4n) is 13.2. The van der Waals surface area contributed by atoms with Gasteiger partial charge in [-0.05, 0) is 188 Å². The minimum Gasteiger partial charge on any atom is -0.341 e. The van der Waals surface area contributed by atoms with Crippen molar-refractivity contribution in [1.82, 2.24) is 41.5 Å². The second-order valence-electron chi connectivity index (χ2n) is 25.8. The minimum absolute atomic E-state index is 0.00469. The Kier molecular flexibility index (Phi) is 15.3. The molecule has 0 unspecified atom stereocenters. The highest BCUT2D eigenvalue weighted by Gasteiger charge is 2.45. The van der Waals surface area contributed by atoms with Gasteiger partial charge in [0.1, 0.15) is 0 Å². The molecule has 5 N–H and O–H groups in total. The normalized spacial score (nSPS) is 25.9. The van der Waals surface area contributed by atoms with Crippen LogP contribution in [0.3, 0.4) is 0 Å². The zero-order chi connectivity index (χ0) is 45.5. The van der Waals surface area contributed by atoms with Gasteiger partial charge in [0.25, 0.3) is 0 Å². The van der Waals surface area contributed by atoms with E-state index in [1.807, 2.05) is 0 Å². The molecule has 5 rings (SSSR count). The Morgan fingerprint density at radius 2 is 0.770 bits per heavy atom. The zero-order valence-electron chi connectivity index (χ0n) is 43.0. The van der Waals surface area contributed by atoms with E-state index >= 15 is 0 Å². The molecule has 1 aromatic heterocycles. The van der Waals surface area contributed by atoms with Gasteiger partial charge in [-0.1, -0.05) is 26.2 Å². The maximum absolute atomic E-state index is 5.65. The van der Waals surface area contributed by atoms with Crippen LogP contribution in [0.5, 0.6) is 0 Å². The summed E-state index contributed by atoms with van der Waals surface area (Å²) < 4.78 is 0. The first-order chi connectivity index (χ1) is 27.9. The first-order valence-corrected chi connectivity index (χ1v) is 24.8. The zero-order valence-corrected chi connectivity index (χ0v) is 43.0. The van der Waals surface area contributed by atoms with Crippen LogP contribution >= 0.6 is 0 Å². The Morgan fingerprint density at radius 3 is 1.16 bits per heavy atom. The summed E-state index contributed by atoms with van der Waals surface area (Å²) in [5.41, 5.74) is 0.351. The fourth-order valence-corrected chi connectivity index (χ4v) is 13.2. The molecule has 0 amide bonds. The molecule has 0 aliphatic carbocycles. The van der Waals surface area contributed by atoms with Crippen molar-refractivity contribution in [2.24, 2.45) is 0 Å². The number of nitrogens with one attached hydrogen (secondary N) is 5. The minimum atomic E-state index is -0.00469. The topological polar surface area (TPSA) is 109 Å². The van der Waals surface area contributed by atoms with Gasteiger partial charge in [-0.2, -0.15) is 15.0 Å². The summed E-state index contributed by atoms with van der Waals surface area (Å²) >= 11 is 0. The highest BCUT2D eigenvalue weighted by atomic mass is 15.4. The van der Waals surface area contributed by atoms with Crippen molar-refractivity contribution in [1.29, 1.82) is 0 Å². The van der Waals surface area contributed by atoms with Crippen LogP contribution in [-0.4, -0.2) is 110 Å². The third kappa shape index (κ3) is 14.6. The standard InChI is InChI=1S/C50H97N11/c1-19-20-26-60(38-32-47(10,11)57-48(12,13)33-38)41-52-40(59(18)37-30-45(6,7)56-46(8,9)31-37)53-42(54-41)61(39-34-49(14,15)58-50(16,17)35-39)27-24-22-21-23-25-51-36-28-43(2,3)55-44(4,5)29-36/h36-39,51,55-58H,19-35H2,1-18H3. The molecule has 11 heteroatoms. The predicted octanol–water partition coefficient (Wildman–Crippen LogP) is 9.11. The van der Waals surface area contributed by atoms with E-state index in [1.54, 1.807) is 0 Å². The van der Waals surface area contributed by atoms with Gasteiger partial charge < -0.3 is 41.3 Å². The lowest BCUT2D eigenvalue weighted by molar-refractivity contribution is 0.146. The molecule has 5 heterocycles. The molecular formula is C50H97N11. The number of hydrogen-bond donors (Lipinski definition) is 5. The number of piperidine rings is 4. The summed E-state index contributed by atoms with van der Waals surface area (Å²) in [6.45, 7) is 43.0. The van der Waals surface area contributed by atoms with Crippen molar-refractivity contribution >= 4 is 17.8 Å². The Hall–Kier alpha value is -1.79. The molecule has 0 spiro atoms. The largest absolute Gasteiger partial charge is 0.341 e. The lowest BCUT2D eigenvalue weighted by Gasteiger charge is -2.50. The Bertz CT molecular complexity index is 1510. The van der Waals surface area contributed by atoms with Crippen LogP contribution in [-0.2, 0) is 0 Å². The van der Waals surface area contributed by atoms with Crippen LogP contribution in [0, 0.1) is 0 Å². The smallest absolute Gasteiger partial charge is 0.232 e. The number of nitrogens with zero attached hydrogens (tertiary/aromatic N) is 6. The molecular weight excluding hydrogens is 755 g/mol. The van der Waals surface area contributed by atoms with Crippen molar-refractivity contribution in [3.05, 3.63) is 0 Å². The van der Waals surface area contributed by atoms with Crippen molar-refractivity contribution in [2.45, 2.75) is 276 Å². The molecule has 0 bridgehead atoms. The molecule has 61 heavy (non-hydrogen) atoms. The van der Waals surface area contributed by atoms with Crippen LogP contribution in [0.25, 0.3) is 0 Å². The molecule has 4 fully saturated rings. The van der Waals surface area contributed by atoms with Gasteiger partial charge in [-0.3, -0.25) is 0 Å². The molecule has 0 atom stereocenters. The average molecular weight is 852 g/mol. The summed E-state index contributed by atoms with van der Waals surface area (Å²) in [4.78, 5) is 24.4. The number of aromatic nitrogens is 3. The third-order valence-corrected chi connectivity index (χ3v) is 14.1. The average Bonchev–Trinajstić information content (AvgIpc) is 3.03. The third-order valence-electron chi connectivity index (χ3n) is 14.1. The van der Waals surface area contributed by atoms with E-state index < -0.39 is 0 Å². The SMILES string of the molecule is CCCCN(c1nc(N(C)C2CC(C)(C)NC(C)(C)C2)nc(N(CCCCCCNC2CC(C)(C)NC(C)(C)C2)C2CC(C)(C)NC(C)(C)C2)n1)C1CC(C)(C)NC(C)(C)C1. The number of anilines is 3. The summed E-state index contributed by atoms with van der Waals surface area (Å²) in [5.74, 6) is 2.55. The van der Waals surface area contributed by atoms with Crippen molar-refractivity contribution in [2.75, 3.05) is 41.4 Å². The molecule has 1 aromatic rings. The lowest BCUT2D eigenvalue weighted by atomic mass is 9.79. The predicted molar refractivity (Wildman–Crippen MR) is 262 cm³/mol. The molecule has 352 valence electrons. The Balaban J connectivity index is 1.48. The molecule has 4 aliphatic rings. The maximum atomic E-state index is 5.65. The van der Waals surface area contributed by atoms with Crippen LogP contribution in [0.15, 0.2) is 0 Å². The Morgan fingerprint density at radius 1 is 0.443 bits per heavy atom. The van der Waals surface area contributed by atoms with E-state index in [4.69, 9.17) is 15.0 Å². The molecule has 4 saturated heterocycles. The van der Waals surface area contributed by atoms with Gasteiger partial charge in [0.15, 0.2) is 0 Å². The van der Waals surface area contributed by atoms with E-state index in [1.165, 1.54) is 32.1 Å². The van der Waals surface area contributed by atoms with Gasteiger partial charge in [-0.15, -0.1) is 0 Å². The van der Waals surface area contributed by atoms with E-state index in [2.05, 4.69) is 166 Å². The Labute approximate surface area is 375 Å². The van der Waals surface area contributed by atoms with Gasteiger partial charge in [0.05, 0.1) is 0 Å². The van der Waals surface area contributed by atoms with E-state index in [-0.39, 0.29) is 44.3 Å². The molecule has 11 nitrogen and oxygen atoms in total. The van der Waals surface area contributed by atoms with Crippen molar-refractivity contribution in [3.63, 3.8) is 0 Å².